The molecule has 2 aromatic carbocycles. The second kappa shape index (κ2) is 11.9. The van der Waals surface area contributed by atoms with E-state index in [0.717, 1.165) is 61.1 Å². The number of methoxy groups -OCH3 is 3. The average molecular weight is 576 g/mol. The largest absolute Gasteiger partial charge is 0.493 e. The van der Waals surface area contributed by atoms with Gasteiger partial charge >= 0.3 is 0 Å². The molecule has 12 heteroatoms. The van der Waals surface area contributed by atoms with Gasteiger partial charge in [0, 0.05) is 36.3 Å². The van der Waals surface area contributed by atoms with Crippen LogP contribution in [0.2, 0.25) is 0 Å². The summed E-state index contributed by atoms with van der Waals surface area (Å²) in [7, 11) is 4.74. The smallest absolute Gasteiger partial charge is 0.228 e. The van der Waals surface area contributed by atoms with Crippen LogP contribution in [-0.2, 0) is 0 Å². The molecule has 6 rings (SSSR count). The maximum absolute atomic E-state index is 10.00. The molecule has 4 aromatic rings. The Morgan fingerprint density at radius 1 is 0.857 bits per heavy atom. The van der Waals surface area contributed by atoms with Gasteiger partial charge in [-0.15, -0.1) is 0 Å². The van der Waals surface area contributed by atoms with Crippen LogP contribution in [0.15, 0.2) is 42.9 Å². The van der Waals surface area contributed by atoms with Crippen molar-refractivity contribution in [1.29, 1.82) is 0 Å². The van der Waals surface area contributed by atoms with Crippen molar-refractivity contribution in [2.24, 2.45) is 0 Å². The quantitative estimate of drug-likeness (QED) is 0.257. The molecule has 42 heavy (non-hydrogen) atoms. The molecule has 0 aliphatic carbocycles. The van der Waals surface area contributed by atoms with Gasteiger partial charge in [-0.25, -0.2) is 9.97 Å². The first-order chi connectivity index (χ1) is 20.6. The summed E-state index contributed by atoms with van der Waals surface area (Å²) in [6.07, 6.45) is 7.45. The van der Waals surface area contributed by atoms with Gasteiger partial charge in [0.15, 0.2) is 11.5 Å². The molecule has 0 amide bonds. The number of hydrogen-bond donors (Lipinski definition) is 3. The number of rotatable bonds is 10. The molecule has 2 saturated heterocycles. The molecule has 2 atom stereocenters. The third-order valence-corrected chi connectivity index (χ3v) is 8.21. The second-order valence-corrected chi connectivity index (χ2v) is 10.6. The Labute approximate surface area is 244 Å². The molecule has 222 valence electrons. The first-order valence-electron chi connectivity index (χ1n) is 14.2. The van der Waals surface area contributed by atoms with Gasteiger partial charge in [0.05, 0.1) is 64.0 Å². The average Bonchev–Trinajstić information content (AvgIpc) is 3.80. The van der Waals surface area contributed by atoms with Crippen LogP contribution in [0.25, 0.3) is 16.6 Å². The predicted molar refractivity (Wildman–Crippen MR) is 161 cm³/mol. The third kappa shape index (κ3) is 5.12. The summed E-state index contributed by atoms with van der Waals surface area (Å²) in [6.45, 7) is 1.86. The maximum Gasteiger partial charge on any atom is 0.228 e. The highest BCUT2D eigenvalue weighted by Gasteiger charge is 2.28. The highest BCUT2D eigenvalue weighted by Crippen LogP contribution is 2.40. The lowest BCUT2D eigenvalue weighted by molar-refractivity contribution is 0.265. The summed E-state index contributed by atoms with van der Waals surface area (Å²) < 4.78 is 18.4. The van der Waals surface area contributed by atoms with Gasteiger partial charge in [-0.3, -0.25) is 0 Å². The highest BCUT2D eigenvalue weighted by molar-refractivity contribution is 5.93. The van der Waals surface area contributed by atoms with Gasteiger partial charge in [-0.1, -0.05) is 0 Å². The Kier molecular flexibility index (Phi) is 7.90. The molecule has 2 aromatic heterocycles. The molecule has 0 saturated carbocycles. The number of nitrogens with zero attached hydrogens (tertiary/aromatic N) is 6. The molecule has 0 bridgehead atoms. The first kappa shape index (κ1) is 27.9. The van der Waals surface area contributed by atoms with Crippen molar-refractivity contribution in [3.63, 3.8) is 0 Å². The number of aliphatic hydroxyl groups is 2. The zero-order chi connectivity index (χ0) is 29.2. The van der Waals surface area contributed by atoms with Crippen molar-refractivity contribution in [3.05, 3.63) is 42.9 Å². The number of nitrogens with one attached hydrogen (secondary N) is 1. The van der Waals surface area contributed by atoms with Crippen molar-refractivity contribution in [3.8, 4) is 22.9 Å². The van der Waals surface area contributed by atoms with Crippen molar-refractivity contribution in [2.45, 2.75) is 37.8 Å². The van der Waals surface area contributed by atoms with Crippen molar-refractivity contribution in [2.75, 3.05) is 62.7 Å². The fraction of sp³-hybridized carbons (Fsp3) is 0.433. The van der Waals surface area contributed by atoms with E-state index in [1.165, 1.54) is 0 Å². The topological polar surface area (TPSA) is 130 Å². The van der Waals surface area contributed by atoms with Crippen LogP contribution >= 0.6 is 0 Å². The Morgan fingerprint density at radius 2 is 1.55 bits per heavy atom. The SMILES string of the molecule is COc1cc(-n2cnc(Nc3nc(N4CCC[C@@H]4CO)nc4cc(N5CCC[C@@H]5CO)ccc34)c2)cc(OC)c1OC. The molecule has 0 radical (unpaired) electrons. The van der Waals surface area contributed by atoms with Gasteiger partial charge in [0.1, 0.15) is 18.0 Å². The van der Waals surface area contributed by atoms with E-state index in [9.17, 15) is 10.2 Å². The van der Waals surface area contributed by atoms with Gasteiger partial charge < -0.3 is 44.1 Å². The van der Waals surface area contributed by atoms with E-state index in [1.807, 2.05) is 29.0 Å². The second-order valence-electron chi connectivity index (χ2n) is 10.6. The number of ether oxygens (including phenoxy) is 3. The third-order valence-electron chi connectivity index (χ3n) is 8.21. The Balaban J connectivity index is 1.38. The van der Waals surface area contributed by atoms with Gasteiger partial charge in [-0.2, -0.15) is 4.98 Å². The van der Waals surface area contributed by atoms with E-state index in [0.29, 0.717) is 34.8 Å². The van der Waals surface area contributed by atoms with Crippen LogP contribution in [0.3, 0.4) is 0 Å². The van der Waals surface area contributed by atoms with Gasteiger partial charge in [0.25, 0.3) is 0 Å². The van der Waals surface area contributed by atoms with Gasteiger partial charge in [0.2, 0.25) is 11.7 Å². The molecule has 0 spiro atoms. The van der Waals surface area contributed by atoms with Crippen LogP contribution in [0.5, 0.6) is 17.2 Å². The first-order valence-corrected chi connectivity index (χ1v) is 14.2. The number of hydrogen-bond acceptors (Lipinski definition) is 11. The molecular weight excluding hydrogens is 538 g/mol. The monoisotopic (exact) mass is 575 g/mol. The highest BCUT2D eigenvalue weighted by atomic mass is 16.5. The Bertz CT molecular complexity index is 1530. The maximum atomic E-state index is 10.00. The lowest BCUT2D eigenvalue weighted by atomic mass is 10.1. The molecule has 12 nitrogen and oxygen atoms in total. The zero-order valence-electron chi connectivity index (χ0n) is 24.2. The summed E-state index contributed by atoms with van der Waals surface area (Å²) in [4.78, 5) is 18.8. The van der Waals surface area contributed by atoms with Crippen LogP contribution in [0.1, 0.15) is 25.7 Å². The predicted octanol–water partition coefficient (Wildman–Crippen LogP) is 3.51. The molecule has 0 unspecified atom stereocenters. The normalized spacial score (nSPS) is 18.6. The summed E-state index contributed by atoms with van der Waals surface area (Å²) >= 11 is 0. The number of fused-ring (bicyclic) bond motifs is 1. The minimum absolute atomic E-state index is 0.0184. The van der Waals surface area contributed by atoms with Crippen LogP contribution in [0.4, 0.5) is 23.3 Å². The van der Waals surface area contributed by atoms with Crippen molar-refractivity contribution in [1.82, 2.24) is 19.5 Å². The van der Waals surface area contributed by atoms with Crippen LogP contribution in [-0.4, -0.2) is 89.4 Å². The summed E-state index contributed by atoms with van der Waals surface area (Å²) in [5, 5.41) is 24.2. The summed E-state index contributed by atoms with van der Waals surface area (Å²) in [5.74, 6) is 3.40. The number of imidazole rings is 1. The van der Waals surface area contributed by atoms with E-state index < -0.39 is 0 Å². The van der Waals surface area contributed by atoms with E-state index in [-0.39, 0.29) is 25.3 Å². The van der Waals surface area contributed by atoms with Crippen LogP contribution < -0.4 is 29.3 Å². The zero-order valence-corrected chi connectivity index (χ0v) is 24.2. The number of benzene rings is 2. The summed E-state index contributed by atoms with van der Waals surface area (Å²) in [5.41, 5.74) is 2.60. The minimum Gasteiger partial charge on any atom is -0.493 e. The fourth-order valence-corrected chi connectivity index (χ4v) is 6.03. The number of aromatic nitrogens is 4. The fourth-order valence-electron chi connectivity index (χ4n) is 6.03. The lowest BCUT2D eigenvalue weighted by Gasteiger charge is -2.26. The molecule has 2 aliphatic rings. The molecule has 3 N–H and O–H groups in total. The van der Waals surface area contributed by atoms with Crippen molar-refractivity contribution >= 4 is 34.2 Å². The molecule has 2 fully saturated rings. The van der Waals surface area contributed by atoms with E-state index in [4.69, 9.17) is 24.2 Å². The van der Waals surface area contributed by atoms with E-state index in [2.05, 4.69) is 32.2 Å². The molecule has 4 heterocycles. The Hall–Kier alpha value is -4.29. The minimum atomic E-state index is -0.0184. The Morgan fingerprint density at radius 3 is 2.21 bits per heavy atom. The van der Waals surface area contributed by atoms with Crippen LogP contribution in [0, 0.1) is 0 Å². The van der Waals surface area contributed by atoms with Gasteiger partial charge in [-0.05, 0) is 43.9 Å². The van der Waals surface area contributed by atoms with Crippen molar-refractivity contribution < 1.29 is 24.4 Å². The molecule has 2 aliphatic heterocycles. The summed E-state index contributed by atoms with van der Waals surface area (Å²) in [6, 6.07) is 9.95. The van der Waals surface area contributed by atoms with E-state index >= 15 is 0 Å². The lowest BCUT2D eigenvalue weighted by Crippen LogP contribution is -2.33. The standard InChI is InChI=1S/C30H37N7O5/c1-40-25-13-22(14-26(41-2)28(25)42-3)35-15-27(31-18-35)33-29-23-9-8-19(36-10-4-6-20(36)16-38)12-24(23)32-30(34-29)37-11-5-7-21(37)17-39/h8-9,12-15,18,20-21,38-39H,4-7,10-11,16-17H2,1-3H3,(H,32,33,34)/t20-,21-/m1/s1. The number of anilines is 4. The number of aliphatic hydroxyl groups excluding tert-OH is 2. The molecular formula is C30H37N7O5. The van der Waals surface area contributed by atoms with E-state index in [1.54, 1.807) is 27.7 Å².